The monoisotopic (exact) mass is 537 g/mol. The summed E-state index contributed by atoms with van der Waals surface area (Å²) in [6, 6.07) is -1.41. The summed E-state index contributed by atoms with van der Waals surface area (Å²) >= 11 is 0. The number of ether oxygens (including phenoxy) is 1. The number of H-pyrrole nitrogens is 1. The van der Waals surface area contributed by atoms with Crippen LogP contribution in [0.2, 0.25) is 0 Å². The van der Waals surface area contributed by atoms with E-state index in [2.05, 4.69) is 25.9 Å². The number of rotatable bonds is 8. The van der Waals surface area contributed by atoms with E-state index in [1.54, 1.807) is 12.0 Å². The van der Waals surface area contributed by atoms with Crippen LogP contribution in [0.1, 0.15) is 31.7 Å². The Kier molecular flexibility index (Phi) is 8.66. The maximum Gasteiger partial charge on any atom is 0.423 e. The highest BCUT2D eigenvalue weighted by Crippen LogP contribution is 2.32. The Hall–Kier alpha value is -2.36. The molecule has 0 saturated carbocycles. The van der Waals surface area contributed by atoms with E-state index in [-0.39, 0.29) is 31.3 Å². The molecule has 0 spiro atoms. The lowest BCUT2D eigenvalue weighted by atomic mass is 10.0. The van der Waals surface area contributed by atoms with Gasteiger partial charge in [0.1, 0.15) is 11.7 Å². The lowest BCUT2D eigenvalue weighted by molar-refractivity contribution is -0.140. The highest BCUT2D eigenvalue weighted by atomic mass is 19.4. The molecule has 2 unspecified atom stereocenters. The number of carbonyl (C=O) groups is 1. The molecule has 4 atom stereocenters. The summed E-state index contributed by atoms with van der Waals surface area (Å²) in [6.45, 7) is 4.18. The summed E-state index contributed by atoms with van der Waals surface area (Å²) in [5.41, 5.74) is -3.16. The van der Waals surface area contributed by atoms with Gasteiger partial charge in [-0.2, -0.15) is 18.3 Å². The first kappa shape index (κ1) is 27.7. The molecule has 1 aromatic heterocycles. The van der Waals surface area contributed by atoms with Gasteiger partial charge in [0.15, 0.2) is 0 Å². The Morgan fingerprint density at radius 1 is 1.14 bits per heavy atom. The summed E-state index contributed by atoms with van der Waals surface area (Å²) in [5.74, 6) is -0.142. The van der Waals surface area contributed by atoms with Gasteiger partial charge in [-0.1, -0.05) is 0 Å². The second kappa shape index (κ2) is 11.6. The van der Waals surface area contributed by atoms with Crippen LogP contribution in [0.4, 0.5) is 27.6 Å². The zero-order valence-electron chi connectivity index (χ0n) is 20.4. The Morgan fingerprint density at radius 3 is 2.49 bits per heavy atom. The maximum absolute atomic E-state index is 13.2. The number of piperidine rings is 1. The predicted molar refractivity (Wildman–Crippen MR) is 123 cm³/mol. The van der Waals surface area contributed by atoms with E-state index in [0.29, 0.717) is 19.5 Å². The van der Waals surface area contributed by atoms with Crippen molar-refractivity contribution in [3.05, 3.63) is 22.1 Å². The first-order valence-electron chi connectivity index (χ1n) is 12.4. The van der Waals surface area contributed by atoms with Crippen molar-refractivity contribution in [2.45, 2.75) is 69.2 Å². The summed E-state index contributed by atoms with van der Waals surface area (Å²) < 4.78 is 71.1. The summed E-state index contributed by atoms with van der Waals surface area (Å²) in [6.07, 6.45) is -5.09. The molecular weight excluding hydrogens is 505 g/mol. The molecule has 1 aromatic rings. The summed E-state index contributed by atoms with van der Waals surface area (Å²) in [4.78, 5) is 28.6. The average molecular weight is 538 g/mol. The number of aromatic nitrogens is 2. The van der Waals surface area contributed by atoms with Crippen LogP contribution in [0.5, 0.6) is 0 Å². The van der Waals surface area contributed by atoms with Gasteiger partial charge in [-0.05, 0) is 19.8 Å². The van der Waals surface area contributed by atoms with Gasteiger partial charge >= 0.3 is 6.18 Å². The van der Waals surface area contributed by atoms with Crippen LogP contribution >= 0.6 is 0 Å². The predicted octanol–water partition coefficient (Wildman–Crippen LogP) is 0.824. The number of amides is 1. The van der Waals surface area contributed by atoms with E-state index < -0.39 is 47.6 Å². The van der Waals surface area contributed by atoms with Crippen molar-refractivity contribution in [1.82, 2.24) is 30.6 Å². The third kappa shape index (κ3) is 6.56. The number of halogens is 5. The molecule has 1 amide bonds. The molecule has 0 aromatic carbocycles. The minimum absolute atomic E-state index is 0.0245. The third-order valence-corrected chi connectivity index (χ3v) is 7.11. The molecule has 15 heteroatoms. The Labute approximate surface area is 210 Å². The quantitative estimate of drug-likeness (QED) is 0.361. The highest BCUT2D eigenvalue weighted by Gasteiger charge is 2.40. The first-order valence-corrected chi connectivity index (χ1v) is 12.4. The molecule has 3 fully saturated rings. The fourth-order valence-corrected chi connectivity index (χ4v) is 5.16. The first-order chi connectivity index (χ1) is 17.5. The molecule has 3 saturated heterocycles. The van der Waals surface area contributed by atoms with Gasteiger partial charge in [0.25, 0.3) is 17.9 Å². The molecule has 0 radical (unpaired) electrons. The van der Waals surface area contributed by atoms with E-state index in [9.17, 15) is 31.5 Å². The number of hydrogen-bond donors (Lipinski definition) is 4. The number of likely N-dealkylation sites (tertiary alicyclic amines) is 2. The highest BCUT2D eigenvalue weighted by molar-refractivity contribution is 5.83. The molecule has 3 aliphatic rings. The van der Waals surface area contributed by atoms with Crippen LogP contribution in [0.25, 0.3) is 0 Å². The van der Waals surface area contributed by atoms with Crippen molar-refractivity contribution in [2.24, 2.45) is 0 Å². The van der Waals surface area contributed by atoms with Crippen LogP contribution < -0.4 is 21.5 Å². The van der Waals surface area contributed by atoms with Crippen molar-refractivity contribution in [3.8, 4) is 0 Å². The molecule has 4 N–H and O–H groups in total. The van der Waals surface area contributed by atoms with Gasteiger partial charge in [0.05, 0.1) is 30.7 Å². The Balaban J connectivity index is 1.22. The van der Waals surface area contributed by atoms with Crippen molar-refractivity contribution in [1.29, 1.82) is 0 Å². The minimum atomic E-state index is -4.85. The number of nitrogens with one attached hydrogen (secondary N) is 4. The number of carbonyl (C=O) groups excluding carboxylic acids is 1. The summed E-state index contributed by atoms with van der Waals surface area (Å²) in [7, 11) is 0. The fourth-order valence-electron chi connectivity index (χ4n) is 5.16. The van der Waals surface area contributed by atoms with Crippen molar-refractivity contribution in [2.75, 3.05) is 44.6 Å². The number of aromatic amines is 1. The van der Waals surface area contributed by atoms with E-state index >= 15 is 0 Å². The van der Waals surface area contributed by atoms with Crippen molar-refractivity contribution < 1.29 is 31.5 Å². The fraction of sp³-hybridized carbons (Fsp3) is 0.773. The smallest absolute Gasteiger partial charge is 0.378 e. The average Bonchev–Trinajstić information content (AvgIpc) is 3.22. The number of anilines is 1. The van der Waals surface area contributed by atoms with Crippen LogP contribution in [-0.2, 0) is 15.7 Å². The van der Waals surface area contributed by atoms with Crippen molar-refractivity contribution in [3.63, 3.8) is 0 Å². The van der Waals surface area contributed by atoms with E-state index in [1.807, 2.05) is 4.90 Å². The number of alkyl halides is 5. The Bertz CT molecular complexity index is 978. The maximum atomic E-state index is 13.2. The van der Waals surface area contributed by atoms with Gasteiger partial charge in [-0.25, -0.2) is 13.9 Å². The van der Waals surface area contributed by atoms with Gasteiger partial charge < -0.3 is 20.3 Å². The zero-order valence-corrected chi connectivity index (χ0v) is 20.4. The molecule has 0 bridgehead atoms. The van der Waals surface area contributed by atoms with E-state index in [4.69, 9.17) is 4.74 Å². The third-order valence-electron chi connectivity index (χ3n) is 7.11. The standard InChI is InChI=1S/C22H32F5N7O3/c1-12(31-14-9-30-32-20(35)18(14)22(25,26)27)11-37-16-4-7-34(21(16)36)13-2-5-33(6-3-13)17-10-28-15(8-29-17)19(23)24/h9,12-13,15-17,19,28-29H,2-8,10-11H2,1H3,(H2,31,32,35)/t12-,15?,16-,17?/m0/s1. The SMILES string of the molecule is C[C@@H](CO[C@H]1CCN(C2CCN(C3CNC(C(F)F)CN3)CC2)C1=O)Nc1cn[nH]c(=O)c1C(F)(F)F. The summed E-state index contributed by atoms with van der Waals surface area (Å²) in [5, 5.41) is 13.9. The molecule has 10 nitrogen and oxygen atoms in total. The minimum Gasteiger partial charge on any atom is -0.378 e. The molecule has 4 heterocycles. The lowest BCUT2D eigenvalue weighted by Crippen LogP contribution is -2.64. The van der Waals surface area contributed by atoms with E-state index in [1.165, 1.54) is 0 Å². The van der Waals surface area contributed by atoms with Crippen LogP contribution in [0.15, 0.2) is 11.0 Å². The number of hydrogen-bond acceptors (Lipinski definition) is 8. The molecule has 37 heavy (non-hydrogen) atoms. The van der Waals surface area contributed by atoms with Gasteiger partial charge in [0, 0.05) is 51.2 Å². The number of nitrogens with zero attached hydrogens (tertiary/aromatic N) is 3. The normalized spacial score (nSPS) is 27.2. The second-order valence-corrected chi connectivity index (χ2v) is 9.71. The van der Waals surface area contributed by atoms with E-state index in [0.717, 1.165) is 32.1 Å². The molecular formula is C22H32F5N7O3. The molecule has 208 valence electrons. The molecule has 0 aliphatic carbocycles. The zero-order chi connectivity index (χ0) is 26.7. The largest absolute Gasteiger partial charge is 0.423 e. The van der Waals surface area contributed by atoms with Crippen LogP contribution in [0.3, 0.4) is 0 Å². The van der Waals surface area contributed by atoms with Crippen molar-refractivity contribution >= 4 is 11.6 Å². The van der Waals surface area contributed by atoms with Gasteiger partial charge in [-0.3, -0.25) is 19.8 Å². The van der Waals surface area contributed by atoms with Crippen LogP contribution in [0, 0.1) is 0 Å². The Morgan fingerprint density at radius 2 is 1.86 bits per heavy atom. The van der Waals surface area contributed by atoms with Crippen LogP contribution in [-0.4, -0.2) is 102 Å². The molecule has 4 rings (SSSR count). The topological polar surface area (TPSA) is 115 Å². The number of piperazine rings is 1. The van der Waals surface area contributed by atoms with Gasteiger partial charge in [-0.15, -0.1) is 0 Å². The lowest BCUT2D eigenvalue weighted by Gasteiger charge is -2.43. The van der Waals surface area contributed by atoms with Gasteiger partial charge in [0.2, 0.25) is 0 Å². The second-order valence-electron chi connectivity index (χ2n) is 9.71. The molecule has 3 aliphatic heterocycles.